The molecular weight excluding hydrogens is 326 g/mol. The zero-order valence-electron chi connectivity index (χ0n) is 14.0. The van der Waals surface area contributed by atoms with E-state index in [4.69, 9.17) is 0 Å². The maximum atomic E-state index is 12.2. The Bertz CT molecular complexity index is 748. The van der Waals surface area contributed by atoms with Gasteiger partial charge in [0, 0.05) is 31.5 Å². The van der Waals surface area contributed by atoms with Gasteiger partial charge in [0.25, 0.3) is 0 Å². The van der Waals surface area contributed by atoms with E-state index in [0.717, 1.165) is 24.5 Å². The second-order valence-corrected chi connectivity index (χ2v) is 8.75. The predicted molar refractivity (Wildman–Crippen MR) is 93.6 cm³/mol. The number of piperidine rings is 1. The molecule has 2 aromatic rings. The first-order valence-corrected chi connectivity index (χ1v) is 9.68. The molecule has 1 aliphatic rings. The molecule has 1 N–H and O–H groups in total. The number of nitrogens with one attached hydrogen (secondary N) is 1. The van der Waals surface area contributed by atoms with Crippen LogP contribution in [-0.4, -0.2) is 51.6 Å². The highest BCUT2D eigenvalue weighted by Gasteiger charge is 2.30. The van der Waals surface area contributed by atoms with Crippen molar-refractivity contribution in [3.05, 3.63) is 36.9 Å². The quantitative estimate of drug-likeness (QED) is 0.891. The third kappa shape index (κ3) is 3.59. The smallest absolute Gasteiger partial charge is 0.216 e. The first kappa shape index (κ1) is 16.9. The Labute approximate surface area is 142 Å². The number of aromatic nitrogens is 3. The van der Waals surface area contributed by atoms with Crippen molar-refractivity contribution in [1.29, 1.82) is 0 Å². The first-order chi connectivity index (χ1) is 11.5. The lowest BCUT2D eigenvalue weighted by molar-refractivity contribution is 0.327. The Balaban J connectivity index is 1.57. The summed E-state index contributed by atoms with van der Waals surface area (Å²) >= 11 is 0. The van der Waals surface area contributed by atoms with Gasteiger partial charge < -0.3 is 9.88 Å². The van der Waals surface area contributed by atoms with Gasteiger partial charge in [-0.1, -0.05) is 0 Å². The normalized spacial score (nSPS) is 17.3. The van der Waals surface area contributed by atoms with Crippen LogP contribution in [0.15, 0.2) is 36.9 Å². The van der Waals surface area contributed by atoms with Gasteiger partial charge in [0.1, 0.15) is 5.82 Å². The van der Waals surface area contributed by atoms with Crippen LogP contribution in [-0.2, 0) is 10.0 Å². The molecule has 7 nitrogen and oxygen atoms in total. The van der Waals surface area contributed by atoms with E-state index in [1.807, 2.05) is 29.1 Å². The Morgan fingerprint density at radius 2 is 1.79 bits per heavy atom. The van der Waals surface area contributed by atoms with Crippen LogP contribution in [0.4, 0.5) is 5.82 Å². The second kappa shape index (κ2) is 6.90. The van der Waals surface area contributed by atoms with Crippen molar-refractivity contribution in [1.82, 2.24) is 18.8 Å². The Morgan fingerprint density at radius 3 is 2.33 bits per heavy atom. The van der Waals surface area contributed by atoms with Crippen LogP contribution in [0.3, 0.4) is 0 Å². The number of hydrogen-bond donors (Lipinski definition) is 1. The molecule has 0 bridgehead atoms. The molecule has 0 saturated carbocycles. The number of nitrogens with zero attached hydrogens (tertiary/aromatic N) is 4. The molecule has 1 saturated heterocycles. The SMILES string of the molecule is CC(C)S(=O)(=O)N1CCC(Nc2cnc(-n3cccc3)cn2)CC1. The van der Waals surface area contributed by atoms with E-state index in [9.17, 15) is 8.42 Å². The lowest BCUT2D eigenvalue weighted by Gasteiger charge is -2.32. The molecule has 0 aliphatic carbocycles. The minimum atomic E-state index is -3.15. The van der Waals surface area contributed by atoms with Crippen molar-refractivity contribution in [2.75, 3.05) is 18.4 Å². The van der Waals surface area contributed by atoms with E-state index in [-0.39, 0.29) is 11.3 Å². The lowest BCUT2D eigenvalue weighted by atomic mass is 10.1. The summed E-state index contributed by atoms with van der Waals surface area (Å²) in [6, 6.07) is 4.09. The van der Waals surface area contributed by atoms with Crippen LogP contribution < -0.4 is 5.32 Å². The summed E-state index contributed by atoms with van der Waals surface area (Å²) < 4.78 is 27.9. The zero-order valence-corrected chi connectivity index (χ0v) is 14.8. The Morgan fingerprint density at radius 1 is 1.12 bits per heavy atom. The molecule has 8 heteroatoms. The van der Waals surface area contributed by atoms with Crippen LogP contribution in [0, 0.1) is 0 Å². The summed E-state index contributed by atoms with van der Waals surface area (Å²) in [5, 5.41) is 2.98. The van der Waals surface area contributed by atoms with Crippen molar-refractivity contribution in [3.8, 4) is 5.82 Å². The van der Waals surface area contributed by atoms with Crippen LogP contribution in [0.25, 0.3) is 5.82 Å². The molecule has 0 spiro atoms. The van der Waals surface area contributed by atoms with Crippen molar-refractivity contribution in [2.24, 2.45) is 0 Å². The molecule has 3 rings (SSSR count). The minimum absolute atomic E-state index is 0.218. The van der Waals surface area contributed by atoms with Gasteiger partial charge in [0.15, 0.2) is 5.82 Å². The van der Waals surface area contributed by atoms with Crippen LogP contribution in [0.2, 0.25) is 0 Å². The van der Waals surface area contributed by atoms with Crippen molar-refractivity contribution >= 4 is 15.8 Å². The van der Waals surface area contributed by atoms with E-state index >= 15 is 0 Å². The molecule has 24 heavy (non-hydrogen) atoms. The highest BCUT2D eigenvalue weighted by Crippen LogP contribution is 2.19. The van der Waals surface area contributed by atoms with Crippen molar-refractivity contribution < 1.29 is 8.42 Å². The summed E-state index contributed by atoms with van der Waals surface area (Å²) in [6.07, 6.45) is 8.82. The summed E-state index contributed by atoms with van der Waals surface area (Å²) in [4.78, 5) is 8.79. The molecule has 0 unspecified atom stereocenters. The Kier molecular flexibility index (Phi) is 4.86. The standard InChI is InChI=1S/C16H23N5O2S/c1-13(2)24(22,23)21-9-5-14(6-10-21)19-15-11-18-16(12-17-15)20-7-3-4-8-20/h3-4,7-8,11-14H,5-6,9-10H2,1-2H3,(H,17,19). The number of hydrogen-bond acceptors (Lipinski definition) is 5. The van der Waals surface area contributed by atoms with E-state index in [1.165, 1.54) is 0 Å². The van der Waals surface area contributed by atoms with E-state index < -0.39 is 10.0 Å². The fourth-order valence-electron chi connectivity index (χ4n) is 2.78. The lowest BCUT2D eigenvalue weighted by Crippen LogP contribution is -2.44. The fraction of sp³-hybridized carbons (Fsp3) is 0.500. The van der Waals surface area contributed by atoms with Gasteiger partial charge in [-0.2, -0.15) is 0 Å². The van der Waals surface area contributed by atoms with Crippen LogP contribution in [0.5, 0.6) is 0 Å². The highest BCUT2D eigenvalue weighted by molar-refractivity contribution is 7.89. The maximum Gasteiger partial charge on any atom is 0.216 e. The molecule has 3 heterocycles. The van der Waals surface area contributed by atoms with Gasteiger partial charge in [-0.15, -0.1) is 0 Å². The van der Waals surface area contributed by atoms with Gasteiger partial charge in [-0.25, -0.2) is 22.7 Å². The molecule has 1 fully saturated rings. The van der Waals surface area contributed by atoms with Crippen LogP contribution in [0.1, 0.15) is 26.7 Å². The monoisotopic (exact) mass is 349 g/mol. The summed E-state index contributed by atoms with van der Waals surface area (Å²) in [7, 11) is -3.15. The molecule has 0 amide bonds. The highest BCUT2D eigenvalue weighted by atomic mass is 32.2. The molecule has 0 aromatic carbocycles. The van der Waals surface area contributed by atoms with Crippen molar-refractivity contribution in [2.45, 2.75) is 38.0 Å². The third-order valence-electron chi connectivity index (χ3n) is 4.27. The third-order valence-corrected chi connectivity index (χ3v) is 6.55. The molecule has 1 aliphatic heterocycles. The largest absolute Gasteiger partial charge is 0.366 e. The fourth-order valence-corrected chi connectivity index (χ4v) is 4.09. The van der Waals surface area contributed by atoms with Gasteiger partial charge in [0.05, 0.1) is 17.6 Å². The minimum Gasteiger partial charge on any atom is -0.366 e. The molecule has 0 radical (unpaired) electrons. The summed E-state index contributed by atoms with van der Waals surface area (Å²) in [5.74, 6) is 1.49. The average Bonchev–Trinajstić information content (AvgIpc) is 3.10. The van der Waals surface area contributed by atoms with Gasteiger partial charge in [0.2, 0.25) is 10.0 Å². The van der Waals surface area contributed by atoms with Gasteiger partial charge in [-0.3, -0.25) is 0 Å². The zero-order chi connectivity index (χ0) is 17.2. The number of sulfonamides is 1. The predicted octanol–water partition coefficient (Wildman–Crippen LogP) is 1.88. The van der Waals surface area contributed by atoms with Crippen molar-refractivity contribution in [3.63, 3.8) is 0 Å². The van der Waals surface area contributed by atoms with Crippen LogP contribution >= 0.6 is 0 Å². The van der Waals surface area contributed by atoms with Gasteiger partial charge in [-0.05, 0) is 38.8 Å². The average molecular weight is 349 g/mol. The molecule has 0 atom stereocenters. The van der Waals surface area contributed by atoms with E-state index in [2.05, 4.69) is 15.3 Å². The molecule has 2 aromatic heterocycles. The number of rotatable bonds is 5. The molecular formula is C16H23N5O2S. The number of anilines is 1. The van der Waals surface area contributed by atoms with Gasteiger partial charge >= 0.3 is 0 Å². The Hall–Kier alpha value is -1.93. The van der Waals surface area contributed by atoms with E-state index in [1.54, 1.807) is 30.5 Å². The first-order valence-electron chi connectivity index (χ1n) is 8.17. The maximum absolute atomic E-state index is 12.2. The molecule has 130 valence electrons. The summed E-state index contributed by atoms with van der Waals surface area (Å²) in [6.45, 7) is 4.54. The summed E-state index contributed by atoms with van der Waals surface area (Å²) in [5.41, 5.74) is 0. The van der Waals surface area contributed by atoms with E-state index in [0.29, 0.717) is 13.1 Å². The second-order valence-electron chi connectivity index (χ2n) is 6.26. The topological polar surface area (TPSA) is 80.1 Å².